The number of aliphatic imine (C=N–C) groups is 1. The zero-order valence-electron chi connectivity index (χ0n) is 16.9. The maximum atomic E-state index is 9.52. The van der Waals surface area contributed by atoms with Crippen LogP contribution in [0.25, 0.3) is 0 Å². The average Bonchev–Trinajstić information content (AvgIpc) is 3.24. The van der Waals surface area contributed by atoms with Gasteiger partial charge in [0.2, 0.25) is 0 Å². The highest BCUT2D eigenvalue weighted by molar-refractivity contribution is 7.10. The van der Waals surface area contributed by atoms with Crippen molar-refractivity contribution in [2.45, 2.75) is 39.0 Å². The lowest BCUT2D eigenvalue weighted by atomic mass is 9.88. The van der Waals surface area contributed by atoms with Crippen molar-refractivity contribution >= 4 is 17.3 Å². The van der Waals surface area contributed by atoms with Gasteiger partial charge in [0.1, 0.15) is 0 Å². The molecule has 152 valence electrons. The number of guanidine groups is 1. The molecule has 1 aromatic heterocycles. The monoisotopic (exact) mass is 400 g/mol. The second-order valence-corrected chi connectivity index (χ2v) is 8.33. The third kappa shape index (κ3) is 5.34. The number of nitrogens with zero attached hydrogens (tertiary/aromatic N) is 2. The van der Waals surface area contributed by atoms with Crippen molar-refractivity contribution in [2.24, 2.45) is 10.9 Å². The molecule has 28 heavy (non-hydrogen) atoms. The van der Waals surface area contributed by atoms with E-state index in [0.29, 0.717) is 18.5 Å². The highest BCUT2D eigenvalue weighted by Gasteiger charge is 2.31. The van der Waals surface area contributed by atoms with E-state index in [1.807, 2.05) is 35.6 Å². The van der Waals surface area contributed by atoms with Crippen LogP contribution in [0.1, 0.15) is 41.8 Å². The first-order valence-electron chi connectivity index (χ1n) is 10.2. The quantitative estimate of drug-likeness (QED) is 0.493. The van der Waals surface area contributed by atoms with Crippen molar-refractivity contribution in [1.82, 2.24) is 15.5 Å². The molecule has 1 saturated heterocycles. The molecule has 1 aromatic carbocycles. The van der Waals surface area contributed by atoms with Crippen molar-refractivity contribution < 1.29 is 5.11 Å². The molecule has 6 heteroatoms. The van der Waals surface area contributed by atoms with Crippen molar-refractivity contribution in [3.8, 4) is 0 Å². The van der Waals surface area contributed by atoms with Gasteiger partial charge in [-0.3, -0.25) is 4.90 Å². The lowest BCUT2D eigenvalue weighted by Gasteiger charge is -2.39. The number of rotatable bonds is 7. The van der Waals surface area contributed by atoms with Gasteiger partial charge in [-0.1, -0.05) is 30.3 Å². The van der Waals surface area contributed by atoms with Crippen molar-refractivity contribution in [2.75, 3.05) is 26.7 Å². The summed E-state index contributed by atoms with van der Waals surface area (Å²) in [4.78, 5) is 8.70. The Morgan fingerprint density at radius 3 is 2.75 bits per heavy atom. The molecular formula is C22H32N4OS. The summed E-state index contributed by atoms with van der Waals surface area (Å²) >= 11 is 1.85. The van der Waals surface area contributed by atoms with Gasteiger partial charge in [0, 0.05) is 24.0 Å². The Labute approximate surface area is 172 Å². The van der Waals surface area contributed by atoms with Crippen molar-refractivity contribution in [1.29, 1.82) is 0 Å². The molecule has 3 rings (SSSR count). The lowest BCUT2D eigenvalue weighted by molar-refractivity contribution is 0.125. The van der Waals surface area contributed by atoms with Crippen molar-refractivity contribution in [3.63, 3.8) is 0 Å². The van der Waals surface area contributed by atoms with E-state index in [2.05, 4.69) is 47.0 Å². The van der Waals surface area contributed by atoms with Crippen LogP contribution >= 0.6 is 11.3 Å². The molecule has 0 radical (unpaired) electrons. The van der Waals surface area contributed by atoms with Gasteiger partial charge in [-0.15, -0.1) is 11.3 Å². The van der Waals surface area contributed by atoms with Gasteiger partial charge >= 0.3 is 0 Å². The van der Waals surface area contributed by atoms with Gasteiger partial charge in [0.25, 0.3) is 0 Å². The van der Waals surface area contributed by atoms with Crippen LogP contribution in [0.3, 0.4) is 0 Å². The fourth-order valence-electron chi connectivity index (χ4n) is 3.98. The predicted octanol–water partition coefficient (Wildman–Crippen LogP) is 3.38. The molecule has 2 atom stereocenters. The Hall–Kier alpha value is -1.89. The number of nitrogens with one attached hydrogen (secondary N) is 2. The number of hydrogen-bond donors (Lipinski definition) is 3. The zero-order chi connectivity index (χ0) is 19.8. The summed E-state index contributed by atoms with van der Waals surface area (Å²) in [5.74, 6) is 1.40. The molecule has 1 fully saturated rings. The molecule has 0 amide bonds. The maximum absolute atomic E-state index is 9.52. The van der Waals surface area contributed by atoms with Crippen LogP contribution < -0.4 is 10.6 Å². The Bertz CT molecular complexity index is 747. The van der Waals surface area contributed by atoms with Crippen LogP contribution in [0.5, 0.6) is 0 Å². The summed E-state index contributed by atoms with van der Waals surface area (Å²) in [6.45, 7) is 5.58. The number of thiophene rings is 1. The minimum absolute atomic E-state index is 0.0482. The number of likely N-dealkylation sites (tertiary alicyclic amines) is 1. The topological polar surface area (TPSA) is 59.9 Å². The third-order valence-corrected chi connectivity index (χ3v) is 6.36. The maximum Gasteiger partial charge on any atom is 0.191 e. The zero-order valence-corrected chi connectivity index (χ0v) is 17.7. The third-order valence-electron chi connectivity index (χ3n) is 5.41. The summed E-state index contributed by atoms with van der Waals surface area (Å²) in [6.07, 6.45) is 2.47. The number of aliphatic hydroxyl groups excluding tert-OH is 1. The number of benzene rings is 1. The fourth-order valence-corrected chi connectivity index (χ4v) is 4.97. The first-order chi connectivity index (χ1) is 13.7. The predicted molar refractivity (Wildman–Crippen MR) is 118 cm³/mol. The number of piperidine rings is 1. The minimum Gasteiger partial charge on any atom is -0.392 e. The molecule has 0 saturated carbocycles. The van der Waals surface area contributed by atoms with E-state index < -0.39 is 0 Å². The number of aliphatic hydroxyl groups is 1. The van der Waals surface area contributed by atoms with E-state index in [9.17, 15) is 5.11 Å². The van der Waals surface area contributed by atoms with Gasteiger partial charge in [-0.2, -0.15) is 0 Å². The first kappa shape index (κ1) is 20.8. The van der Waals surface area contributed by atoms with E-state index in [-0.39, 0.29) is 6.61 Å². The van der Waals surface area contributed by atoms with E-state index >= 15 is 0 Å². The summed E-state index contributed by atoms with van der Waals surface area (Å²) in [7, 11) is 2.24. The second kappa shape index (κ2) is 10.6. The van der Waals surface area contributed by atoms with Gasteiger partial charge in [-0.05, 0) is 61.8 Å². The lowest BCUT2D eigenvalue weighted by Crippen LogP contribution is -2.44. The SMILES string of the molecule is CCNC(=NCc1ccccc1CO)NCC1CCCN(C)C1c1cccs1. The summed E-state index contributed by atoms with van der Waals surface area (Å²) in [5, 5.41) is 18.6. The van der Waals surface area contributed by atoms with E-state index in [4.69, 9.17) is 4.99 Å². The highest BCUT2D eigenvalue weighted by Crippen LogP contribution is 2.36. The molecule has 0 bridgehead atoms. The van der Waals surface area contributed by atoms with Crippen LogP contribution in [0.2, 0.25) is 0 Å². The molecule has 1 aliphatic heterocycles. The van der Waals surface area contributed by atoms with Crippen LogP contribution in [0.15, 0.2) is 46.8 Å². The smallest absolute Gasteiger partial charge is 0.191 e. The normalized spacial score (nSPS) is 20.9. The molecular weight excluding hydrogens is 368 g/mol. The van der Waals surface area contributed by atoms with Crippen LogP contribution in [-0.4, -0.2) is 42.6 Å². The van der Waals surface area contributed by atoms with E-state index in [1.165, 1.54) is 17.7 Å². The van der Waals surface area contributed by atoms with Gasteiger partial charge in [0.15, 0.2) is 5.96 Å². The van der Waals surface area contributed by atoms with Crippen LogP contribution in [-0.2, 0) is 13.2 Å². The molecule has 0 aliphatic carbocycles. The first-order valence-corrected chi connectivity index (χ1v) is 11.0. The second-order valence-electron chi connectivity index (χ2n) is 7.35. The number of hydrogen-bond acceptors (Lipinski definition) is 4. The largest absolute Gasteiger partial charge is 0.392 e. The molecule has 3 N–H and O–H groups in total. The Morgan fingerprint density at radius 1 is 1.21 bits per heavy atom. The molecule has 0 spiro atoms. The molecule has 5 nitrogen and oxygen atoms in total. The fraction of sp³-hybridized carbons (Fsp3) is 0.500. The Kier molecular flexibility index (Phi) is 7.89. The van der Waals surface area contributed by atoms with E-state index in [0.717, 1.165) is 36.7 Å². The molecule has 2 aromatic rings. The molecule has 1 aliphatic rings. The standard InChI is InChI=1S/C22H32N4OS/c1-3-23-22(24-14-17-8-4-5-9-19(17)16-27)25-15-18-10-6-12-26(2)21(18)20-11-7-13-28-20/h4-5,7-9,11,13,18,21,27H,3,6,10,12,14-16H2,1-2H3,(H2,23,24,25). The van der Waals surface area contributed by atoms with Crippen LogP contribution in [0, 0.1) is 5.92 Å². The van der Waals surface area contributed by atoms with Crippen molar-refractivity contribution in [3.05, 3.63) is 57.8 Å². The summed E-state index contributed by atoms with van der Waals surface area (Å²) in [6, 6.07) is 12.8. The molecule has 2 unspecified atom stereocenters. The van der Waals surface area contributed by atoms with Gasteiger partial charge in [-0.25, -0.2) is 4.99 Å². The van der Waals surface area contributed by atoms with Gasteiger partial charge in [0.05, 0.1) is 13.2 Å². The Balaban J connectivity index is 1.66. The minimum atomic E-state index is 0.0482. The Morgan fingerprint density at radius 2 is 2.04 bits per heavy atom. The highest BCUT2D eigenvalue weighted by atomic mass is 32.1. The molecule has 2 heterocycles. The van der Waals surface area contributed by atoms with Gasteiger partial charge < -0.3 is 15.7 Å². The summed E-state index contributed by atoms with van der Waals surface area (Å²) < 4.78 is 0. The summed E-state index contributed by atoms with van der Waals surface area (Å²) in [5.41, 5.74) is 2.00. The average molecular weight is 401 g/mol. The van der Waals surface area contributed by atoms with Crippen LogP contribution in [0.4, 0.5) is 0 Å². The van der Waals surface area contributed by atoms with E-state index in [1.54, 1.807) is 0 Å².